The fraction of sp³-hybridized carbons (Fsp3) is 0.800. The minimum Gasteiger partial charge on any atom is -0.390 e. The molecule has 1 heteroatoms. The van der Waals surface area contributed by atoms with Gasteiger partial charge in [0, 0.05) is 0 Å². The fourth-order valence-electron chi connectivity index (χ4n) is 6.95. The molecule has 0 radical (unpaired) electrons. The summed E-state index contributed by atoms with van der Waals surface area (Å²) in [6.07, 6.45) is 15.1. The molecule has 0 aliphatic heterocycles. The summed E-state index contributed by atoms with van der Waals surface area (Å²) in [6.45, 7) is 20.1. The zero-order chi connectivity index (χ0) is 23.0. The van der Waals surface area contributed by atoms with Crippen LogP contribution in [-0.4, -0.2) is 10.7 Å². The van der Waals surface area contributed by atoms with E-state index in [1.54, 1.807) is 16.7 Å². The number of aliphatic hydroxyl groups is 1. The van der Waals surface area contributed by atoms with Gasteiger partial charge in [-0.15, -0.1) is 0 Å². The first-order chi connectivity index (χ1) is 14.4. The Morgan fingerprint density at radius 3 is 2.29 bits per heavy atom. The molecule has 4 aliphatic carbocycles. The summed E-state index contributed by atoms with van der Waals surface area (Å²) in [7, 11) is 0. The minimum atomic E-state index is -0.509. The molecule has 0 heterocycles. The van der Waals surface area contributed by atoms with E-state index in [4.69, 9.17) is 0 Å². The lowest BCUT2D eigenvalue weighted by atomic mass is 9.52. The Morgan fingerprint density at radius 2 is 1.65 bits per heavy atom. The third kappa shape index (κ3) is 5.76. The molecule has 4 aliphatic rings. The molecule has 1 fully saturated rings. The number of hydrogen-bond acceptors (Lipinski definition) is 1. The first kappa shape index (κ1) is 24.8. The highest BCUT2D eigenvalue weighted by Crippen LogP contribution is 2.56. The Balaban J connectivity index is 0.000000176. The van der Waals surface area contributed by atoms with Crippen LogP contribution in [0, 0.1) is 35.0 Å². The Bertz CT molecular complexity index is 713. The minimum absolute atomic E-state index is 0.461. The summed E-state index contributed by atoms with van der Waals surface area (Å²) in [4.78, 5) is 0. The van der Waals surface area contributed by atoms with Crippen molar-refractivity contribution in [1.29, 1.82) is 0 Å². The fourth-order valence-corrected chi connectivity index (χ4v) is 6.95. The second-order valence-corrected chi connectivity index (χ2v) is 12.7. The van der Waals surface area contributed by atoms with Crippen LogP contribution < -0.4 is 0 Å². The van der Waals surface area contributed by atoms with Gasteiger partial charge in [-0.05, 0) is 120 Å². The first-order valence-corrected chi connectivity index (χ1v) is 13.2. The van der Waals surface area contributed by atoms with Crippen LogP contribution in [0.5, 0.6) is 0 Å². The molecule has 4 rings (SSSR count). The molecular weight excluding hydrogens is 376 g/mol. The van der Waals surface area contributed by atoms with Crippen molar-refractivity contribution >= 4 is 0 Å². The molecule has 1 nitrogen and oxygen atoms in total. The van der Waals surface area contributed by atoms with Gasteiger partial charge in [-0.3, -0.25) is 0 Å². The SMILES string of the molecule is C=C1CC/C=C(\C)CC[C@@H]2[C@@H]1CC2(C)C.C[C@H]1CC[C@@H](C(C)(C)O)CC2=C1CC[C@@H]2C. The standard InChI is InChI=1S/C15H26O.C15H24/c1-10-5-7-12(15(3,4)16)9-14-11(2)6-8-13(10)14;1-11-6-5-7-12(2)13-10-15(3,4)14(13)9-8-11/h10-12,16H,5-9H2,1-4H3;6,13-14H,2,5,7-10H2,1,3-4H3/b;11-6+/t10-,11-,12+;13-,14-/m01/s1. The molecule has 0 bridgehead atoms. The Morgan fingerprint density at radius 1 is 0.968 bits per heavy atom. The van der Waals surface area contributed by atoms with Crippen molar-refractivity contribution < 1.29 is 5.11 Å². The summed E-state index contributed by atoms with van der Waals surface area (Å²) >= 11 is 0. The molecule has 1 N–H and O–H groups in total. The second kappa shape index (κ2) is 9.58. The zero-order valence-electron chi connectivity index (χ0n) is 21.7. The molecule has 1 saturated carbocycles. The van der Waals surface area contributed by atoms with Crippen molar-refractivity contribution in [2.45, 2.75) is 118 Å². The van der Waals surface area contributed by atoms with Gasteiger partial charge in [0.05, 0.1) is 5.60 Å². The van der Waals surface area contributed by atoms with Crippen molar-refractivity contribution in [2.75, 3.05) is 0 Å². The van der Waals surface area contributed by atoms with Gasteiger partial charge >= 0.3 is 0 Å². The summed E-state index contributed by atoms with van der Waals surface area (Å²) in [5.41, 5.74) is 6.59. The molecular formula is C30H50O. The molecule has 0 aromatic heterocycles. The molecule has 0 unspecified atom stereocenters. The largest absolute Gasteiger partial charge is 0.390 e. The lowest BCUT2D eigenvalue weighted by molar-refractivity contribution is 0.00384. The maximum absolute atomic E-state index is 10.2. The van der Waals surface area contributed by atoms with Crippen LogP contribution in [0.2, 0.25) is 0 Å². The lowest BCUT2D eigenvalue weighted by Crippen LogP contribution is -2.44. The third-order valence-electron chi connectivity index (χ3n) is 9.43. The average molecular weight is 427 g/mol. The van der Waals surface area contributed by atoms with Crippen LogP contribution in [0.25, 0.3) is 0 Å². The molecule has 0 aromatic rings. The maximum Gasteiger partial charge on any atom is 0.0622 e. The molecule has 5 atom stereocenters. The normalized spacial score (nSPS) is 37.5. The van der Waals surface area contributed by atoms with Gasteiger partial charge in [0.1, 0.15) is 0 Å². The van der Waals surface area contributed by atoms with E-state index in [2.05, 4.69) is 47.3 Å². The van der Waals surface area contributed by atoms with E-state index in [-0.39, 0.29) is 0 Å². The quantitative estimate of drug-likeness (QED) is 0.416. The van der Waals surface area contributed by atoms with Gasteiger partial charge in [-0.25, -0.2) is 0 Å². The molecule has 0 amide bonds. The predicted molar refractivity (Wildman–Crippen MR) is 135 cm³/mol. The zero-order valence-corrected chi connectivity index (χ0v) is 21.7. The molecule has 176 valence electrons. The van der Waals surface area contributed by atoms with Crippen LogP contribution >= 0.6 is 0 Å². The van der Waals surface area contributed by atoms with Gasteiger partial charge in [0.25, 0.3) is 0 Å². The second-order valence-electron chi connectivity index (χ2n) is 12.7. The van der Waals surface area contributed by atoms with E-state index in [1.165, 1.54) is 63.4 Å². The lowest BCUT2D eigenvalue weighted by Gasteiger charge is -2.53. The van der Waals surface area contributed by atoms with Crippen LogP contribution in [0.15, 0.2) is 34.9 Å². The van der Waals surface area contributed by atoms with Gasteiger partial charge in [0.15, 0.2) is 0 Å². The first-order valence-electron chi connectivity index (χ1n) is 13.2. The number of fused-ring (bicyclic) bond motifs is 1. The van der Waals surface area contributed by atoms with Crippen molar-refractivity contribution in [2.24, 2.45) is 35.0 Å². The Kier molecular flexibility index (Phi) is 7.67. The smallest absolute Gasteiger partial charge is 0.0622 e. The third-order valence-corrected chi connectivity index (χ3v) is 9.43. The van der Waals surface area contributed by atoms with Crippen molar-refractivity contribution in [3.05, 3.63) is 34.9 Å². The van der Waals surface area contributed by atoms with Crippen LogP contribution in [0.4, 0.5) is 0 Å². The molecule has 0 spiro atoms. The average Bonchev–Trinajstić information content (AvgIpc) is 2.95. The topological polar surface area (TPSA) is 20.2 Å². The summed E-state index contributed by atoms with van der Waals surface area (Å²) < 4.78 is 0. The number of rotatable bonds is 1. The highest BCUT2D eigenvalue weighted by molar-refractivity contribution is 5.26. The highest BCUT2D eigenvalue weighted by Gasteiger charge is 2.47. The predicted octanol–water partition coefficient (Wildman–Crippen LogP) is 8.65. The van der Waals surface area contributed by atoms with E-state index in [1.807, 2.05) is 13.8 Å². The van der Waals surface area contributed by atoms with Crippen LogP contribution in [-0.2, 0) is 0 Å². The monoisotopic (exact) mass is 426 g/mol. The van der Waals surface area contributed by atoms with Crippen molar-refractivity contribution in [3.63, 3.8) is 0 Å². The van der Waals surface area contributed by atoms with Crippen LogP contribution in [0.1, 0.15) is 113 Å². The molecule has 0 saturated heterocycles. The maximum atomic E-state index is 10.2. The van der Waals surface area contributed by atoms with Gasteiger partial charge < -0.3 is 5.11 Å². The Hall–Kier alpha value is -0.820. The van der Waals surface area contributed by atoms with E-state index < -0.39 is 5.60 Å². The number of hydrogen-bond donors (Lipinski definition) is 1. The molecule has 0 aromatic carbocycles. The van der Waals surface area contributed by atoms with E-state index in [9.17, 15) is 5.11 Å². The summed E-state index contributed by atoms with van der Waals surface area (Å²) in [5.74, 6) is 3.71. The van der Waals surface area contributed by atoms with Crippen LogP contribution in [0.3, 0.4) is 0 Å². The van der Waals surface area contributed by atoms with Crippen molar-refractivity contribution in [3.8, 4) is 0 Å². The van der Waals surface area contributed by atoms with Gasteiger partial charge in [-0.2, -0.15) is 0 Å². The summed E-state index contributed by atoms with van der Waals surface area (Å²) in [6, 6.07) is 0. The van der Waals surface area contributed by atoms with Gasteiger partial charge in [-0.1, -0.05) is 62.6 Å². The Labute approximate surface area is 193 Å². The van der Waals surface area contributed by atoms with E-state index in [0.717, 1.165) is 30.1 Å². The van der Waals surface area contributed by atoms with E-state index in [0.29, 0.717) is 11.3 Å². The van der Waals surface area contributed by atoms with Crippen molar-refractivity contribution in [1.82, 2.24) is 0 Å². The number of allylic oxidation sites excluding steroid dienone is 5. The molecule has 31 heavy (non-hydrogen) atoms. The van der Waals surface area contributed by atoms with E-state index >= 15 is 0 Å². The highest BCUT2D eigenvalue weighted by atomic mass is 16.3. The summed E-state index contributed by atoms with van der Waals surface area (Å²) in [5, 5.41) is 10.2. The van der Waals surface area contributed by atoms with Gasteiger partial charge in [0.2, 0.25) is 0 Å².